The van der Waals surface area contributed by atoms with E-state index in [1.54, 1.807) is 37.3 Å². The number of nitriles is 1. The second-order valence-corrected chi connectivity index (χ2v) is 7.60. The summed E-state index contributed by atoms with van der Waals surface area (Å²) in [5.74, 6) is 2.04. The fourth-order valence-corrected chi connectivity index (χ4v) is 5.41. The molecule has 2 aromatic rings. The molecule has 0 bridgehead atoms. The Morgan fingerprint density at radius 2 is 2.09 bits per heavy atom. The number of benzene rings is 1. The Labute approximate surface area is 142 Å². The van der Waals surface area contributed by atoms with Gasteiger partial charge in [-0.15, -0.1) is 23.1 Å². The molecule has 1 aromatic carbocycles. The molecule has 0 saturated heterocycles. The molecule has 4 nitrogen and oxygen atoms in total. The van der Waals surface area contributed by atoms with Crippen molar-refractivity contribution in [2.75, 3.05) is 20.0 Å². The van der Waals surface area contributed by atoms with E-state index in [4.69, 9.17) is 21.7 Å². The number of nitrogens with zero attached hydrogens (tertiary/aromatic N) is 1. The molecule has 0 fully saturated rings. The van der Waals surface area contributed by atoms with Gasteiger partial charge in [0.2, 0.25) is 0 Å². The molecule has 1 aliphatic rings. The Morgan fingerprint density at radius 1 is 1.32 bits per heavy atom. The topological polar surface area (TPSA) is 58.0 Å². The van der Waals surface area contributed by atoms with E-state index in [0.29, 0.717) is 11.5 Å². The predicted octanol–water partition coefficient (Wildman–Crippen LogP) is 4.20. The van der Waals surface area contributed by atoms with E-state index in [-0.39, 0.29) is 11.8 Å². The van der Waals surface area contributed by atoms with Crippen molar-refractivity contribution in [3.8, 4) is 17.6 Å². The fraction of sp³-hybridized carbons (Fsp3) is 0.333. The van der Waals surface area contributed by atoms with E-state index < -0.39 is 0 Å². The third kappa shape index (κ3) is 2.62. The highest BCUT2D eigenvalue weighted by Crippen LogP contribution is 2.47. The number of ether oxygens (including phenoxy) is 2. The van der Waals surface area contributed by atoms with Crippen LogP contribution >= 0.6 is 35.3 Å². The molecule has 1 N–H and O–H groups in total. The molecule has 1 aliphatic heterocycles. The van der Waals surface area contributed by atoms with Crippen LogP contribution in [0.2, 0.25) is 0 Å². The standard InChI is InChI=1S/C15H14N2O2S3/c1-18-10-4-3-8(5-11(10)19-2)12-9(6-16)7-21-14-13(12)22-15(20)17-14/h3-5,9,12H,7H2,1-2H3,(H,17,20). The number of thiazole rings is 1. The van der Waals surface area contributed by atoms with Gasteiger partial charge in [0.15, 0.2) is 15.5 Å². The molecular formula is C15H14N2O2S3. The van der Waals surface area contributed by atoms with Gasteiger partial charge in [-0.25, -0.2) is 0 Å². The molecule has 2 heterocycles. The van der Waals surface area contributed by atoms with Crippen LogP contribution in [-0.2, 0) is 0 Å². The maximum absolute atomic E-state index is 9.53. The van der Waals surface area contributed by atoms with Gasteiger partial charge < -0.3 is 14.5 Å². The Morgan fingerprint density at radius 3 is 2.77 bits per heavy atom. The average molecular weight is 350 g/mol. The third-order valence-electron chi connectivity index (χ3n) is 3.67. The number of rotatable bonds is 3. The second-order valence-electron chi connectivity index (χ2n) is 4.85. The largest absolute Gasteiger partial charge is 0.493 e. The van der Waals surface area contributed by atoms with Crippen molar-refractivity contribution in [2.24, 2.45) is 5.92 Å². The lowest BCUT2D eigenvalue weighted by Gasteiger charge is -2.26. The summed E-state index contributed by atoms with van der Waals surface area (Å²) in [6.07, 6.45) is 0. The third-order valence-corrected chi connectivity index (χ3v) is 6.25. The summed E-state index contributed by atoms with van der Waals surface area (Å²) >= 11 is 8.49. The summed E-state index contributed by atoms with van der Waals surface area (Å²) in [6.45, 7) is 0. The molecule has 0 saturated carbocycles. The molecule has 22 heavy (non-hydrogen) atoms. The summed E-state index contributed by atoms with van der Waals surface area (Å²) in [7, 11) is 3.23. The van der Waals surface area contributed by atoms with Crippen LogP contribution in [0.1, 0.15) is 16.4 Å². The van der Waals surface area contributed by atoms with Gasteiger partial charge in [-0.05, 0) is 29.9 Å². The predicted molar refractivity (Wildman–Crippen MR) is 90.7 cm³/mol. The van der Waals surface area contributed by atoms with Crippen molar-refractivity contribution >= 4 is 35.3 Å². The molecule has 1 aromatic heterocycles. The number of nitrogens with one attached hydrogen (secondary N) is 1. The quantitative estimate of drug-likeness (QED) is 0.841. The molecule has 0 amide bonds. The minimum atomic E-state index is -0.0861. The minimum Gasteiger partial charge on any atom is -0.493 e. The van der Waals surface area contributed by atoms with Gasteiger partial charge in [0.25, 0.3) is 0 Å². The van der Waals surface area contributed by atoms with Gasteiger partial charge in [0.05, 0.1) is 31.2 Å². The molecule has 0 aliphatic carbocycles. The normalized spacial score (nSPS) is 20.0. The molecular weight excluding hydrogens is 336 g/mol. The highest BCUT2D eigenvalue weighted by molar-refractivity contribution is 7.99. The summed E-state index contributed by atoms with van der Waals surface area (Å²) < 4.78 is 11.4. The number of hydrogen-bond acceptors (Lipinski definition) is 6. The second kappa shape index (κ2) is 6.32. The summed E-state index contributed by atoms with van der Waals surface area (Å²) in [5, 5.41) is 10.6. The van der Waals surface area contributed by atoms with Crippen molar-refractivity contribution in [3.05, 3.63) is 32.6 Å². The SMILES string of the molecule is COc1ccc(C2c3sc(=S)[nH]c3SCC2C#N)cc1OC. The Hall–Kier alpha value is -1.49. The number of aromatic amines is 1. The van der Waals surface area contributed by atoms with Gasteiger partial charge in [0.1, 0.15) is 0 Å². The molecule has 2 atom stereocenters. The van der Waals surface area contributed by atoms with E-state index in [9.17, 15) is 5.26 Å². The van der Waals surface area contributed by atoms with Crippen molar-refractivity contribution in [1.82, 2.24) is 4.98 Å². The van der Waals surface area contributed by atoms with Crippen LogP contribution in [0.25, 0.3) is 0 Å². The van der Waals surface area contributed by atoms with Crippen LogP contribution in [0.4, 0.5) is 0 Å². The van der Waals surface area contributed by atoms with Crippen molar-refractivity contribution in [1.29, 1.82) is 5.26 Å². The zero-order valence-corrected chi connectivity index (χ0v) is 14.5. The first-order valence-electron chi connectivity index (χ1n) is 6.65. The van der Waals surface area contributed by atoms with E-state index in [1.807, 2.05) is 18.2 Å². The van der Waals surface area contributed by atoms with Crippen LogP contribution in [0.15, 0.2) is 23.2 Å². The molecule has 0 radical (unpaired) electrons. The first-order chi connectivity index (χ1) is 10.7. The lowest BCUT2D eigenvalue weighted by molar-refractivity contribution is 0.354. The zero-order valence-electron chi connectivity index (χ0n) is 12.1. The smallest absolute Gasteiger partial charge is 0.161 e. The molecule has 0 spiro atoms. The molecule has 2 unspecified atom stereocenters. The van der Waals surface area contributed by atoms with Crippen molar-refractivity contribution in [2.45, 2.75) is 10.9 Å². The van der Waals surface area contributed by atoms with Crippen LogP contribution < -0.4 is 9.47 Å². The van der Waals surface area contributed by atoms with Gasteiger partial charge in [-0.3, -0.25) is 0 Å². The van der Waals surface area contributed by atoms with Crippen LogP contribution in [0.3, 0.4) is 0 Å². The maximum atomic E-state index is 9.53. The van der Waals surface area contributed by atoms with E-state index in [2.05, 4.69) is 11.1 Å². The summed E-state index contributed by atoms with van der Waals surface area (Å²) in [6, 6.07) is 8.27. The number of thioether (sulfide) groups is 1. The fourth-order valence-electron chi connectivity index (χ4n) is 2.63. The first-order valence-corrected chi connectivity index (χ1v) is 8.86. The lowest BCUT2D eigenvalue weighted by Crippen LogP contribution is -2.19. The number of methoxy groups -OCH3 is 2. The average Bonchev–Trinajstić information content (AvgIpc) is 2.93. The Bertz CT molecular complexity index is 791. The molecule has 114 valence electrons. The van der Waals surface area contributed by atoms with Crippen LogP contribution in [0, 0.1) is 21.2 Å². The van der Waals surface area contributed by atoms with E-state index in [1.165, 1.54) is 0 Å². The number of aromatic nitrogens is 1. The van der Waals surface area contributed by atoms with Crippen LogP contribution in [-0.4, -0.2) is 25.0 Å². The van der Waals surface area contributed by atoms with Crippen molar-refractivity contribution in [3.63, 3.8) is 0 Å². The van der Waals surface area contributed by atoms with E-state index in [0.717, 1.165) is 25.2 Å². The summed E-state index contributed by atoms with van der Waals surface area (Å²) in [4.78, 5) is 4.36. The number of fused-ring (bicyclic) bond motifs is 1. The highest BCUT2D eigenvalue weighted by atomic mass is 32.2. The molecule has 7 heteroatoms. The minimum absolute atomic E-state index is 0.0130. The van der Waals surface area contributed by atoms with E-state index >= 15 is 0 Å². The van der Waals surface area contributed by atoms with Gasteiger partial charge in [0, 0.05) is 16.5 Å². The Kier molecular flexibility index (Phi) is 4.43. The number of H-pyrrole nitrogens is 1. The van der Waals surface area contributed by atoms with Gasteiger partial charge in [-0.1, -0.05) is 6.07 Å². The summed E-state index contributed by atoms with van der Waals surface area (Å²) in [5.41, 5.74) is 1.05. The Balaban J connectivity index is 2.12. The highest BCUT2D eigenvalue weighted by Gasteiger charge is 2.34. The first kappa shape index (κ1) is 15.4. The molecule has 3 rings (SSSR count). The maximum Gasteiger partial charge on any atom is 0.161 e. The van der Waals surface area contributed by atoms with Crippen LogP contribution in [0.5, 0.6) is 11.5 Å². The number of hydrogen-bond donors (Lipinski definition) is 1. The lowest BCUT2D eigenvalue weighted by atomic mass is 9.86. The zero-order chi connectivity index (χ0) is 15.7. The van der Waals surface area contributed by atoms with Gasteiger partial charge in [-0.2, -0.15) is 5.26 Å². The van der Waals surface area contributed by atoms with Gasteiger partial charge >= 0.3 is 0 Å². The van der Waals surface area contributed by atoms with Crippen molar-refractivity contribution < 1.29 is 9.47 Å². The monoisotopic (exact) mass is 350 g/mol.